The first-order valence-electron chi connectivity index (χ1n) is 6.44. The summed E-state index contributed by atoms with van der Waals surface area (Å²) in [6.45, 7) is 2.20. The molecule has 0 fully saturated rings. The molecule has 2 aromatic carbocycles. The van der Waals surface area contributed by atoms with Crippen molar-refractivity contribution in [1.82, 2.24) is 0 Å². The summed E-state index contributed by atoms with van der Waals surface area (Å²) in [5.74, 6) is 0.953. The van der Waals surface area contributed by atoms with E-state index in [4.69, 9.17) is 4.42 Å². The molecule has 1 aromatic heterocycles. The molecule has 1 nitrogen and oxygen atoms in total. The summed E-state index contributed by atoms with van der Waals surface area (Å²) in [5.41, 5.74) is 3.49. The molecule has 0 bridgehead atoms. The molecule has 0 amide bonds. The Morgan fingerprint density at radius 3 is 2.67 bits per heavy atom. The third-order valence-electron chi connectivity index (χ3n) is 3.18. The van der Waals surface area contributed by atoms with E-state index in [0.29, 0.717) is 0 Å². The van der Waals surface area contributed by atoms with Crippen LogP contribution < -0.4 is 0 Å². The van der Waals surface area contributed by atoms with Gasteiger partial charge in [-0.2, -0.15) is 0 Å². The van der Waals surface area contributed by atoms with Crippen molar-refractivity contribution in [3.05, 3.63) is 60.2 Å². The highest BCUT2D eigenvalue weighted by Crippen LogP contribution is 2.28. The number of para-hydroxylation sites is 1. The molecule has 0 saturated carbocycles. The van der Waals surface area contributed by atoms with E-state index in [1.807, 2.05) is 18.2 Å². The molecule has 0 radical (unpaired) electrons. The number of rotatable bonds is 3. The standard InChI is InChI=1S/C17H16O/c1-2-6-13-7-5-9-14(11-13)17-12-15-8-3-4-10-16(15)18-17/h3-5,7-12H,2,6H2,1H3. The molecule has 1 heteroatoms. The van der Waals surface area contributed by atoms with Crippen molar-refractivity contribution in [1.29, 1.82) is 0 Å². The molecule has 0 N–H and O–H groups in total. The third-order valence-corrected chi connectivity index (χ3v) is 3.18. The predicted molar refractivity (Wildman–Crippen MR) is 75.6 cm³/mol. The minimum Gasteiger partial charge on any atom is -0.456 e. The Kier molecular flexibility index (Phi) is 2.89. The van der Waals surface area contributed by atoms with Crippen molar-refractivity contribution < 1.29 is 4.42 Å². The van der Waals surface area contributed by atoms with Crippen LogP contribution in [0, 0.1) is 0 Å². The Labute approximate surface area is 107 Å². The first kappa shape index (κ1) is 11.1. The zero-order chi connectivity index (χ0) is 12.4. The van der Waals surface area contributed by atoms with Crippen molar-refractivity contribution in [2.45, 2.75) is 19.8 Å². The highest BCUT2D eigenvalue weighted by atomic mass is 16.3. The summed E-state index contributed by atoms with van der Waals surface area (Å²) in [6.07, 6.45) is 2.29. The maximum atomic E-state index is 5.89. The molecule has 0 atom stereocenters. The summed E-state index contributed by atoms with van der Waals surface area (Å²) in [6, 6.07) is 18.9. The zero-order valence-electron chi connectivity index (χ0n) is 10.5. The van der Waals surface area contributed by atoms with Gasteiger partial charge in [0.15, 0.2) is 0 Å². The van der Waals surface area contributed by atoms with Crippen LogP contribution in [0.15, 0.2) is 59.0 Å². The summed E-state index contributed by atoms with van der Waals surface area (Å²) in [4.78, 5) is 0. The lowest BCUT2D eigenvalue weighted by atomic mass is 10.1. The second-order valence-corrected chi connectivity index (χ2v) is 4.60. The Balaban J connectivity index is 2.05. The molecule has 0 aliphatic heterocycles. The fourth-order valence-electron chi connectivity index (χ4n) is 2.29. The second-order valence-electron chi connectivity index (χ2n) is 4.60. The number of fused-ring (bicyclic) bond motifs is 1. The molecule has 0 aliphatic rings. The van der Waals surface area contributed by atoms with Crippen LogP contribution in [0.2, 0.25) is 0 Å². The highest BCUT2D eigenvalue weighted by molar-refractivity contribution is 5.82. The van der Waals surface area contributed by atoms with Crippen LogP contribution in [0.1, 0.15) is 18.9 Å². The van der Waals surface area contributed by atoms with Crippen LogP contribution >= 0.6 is 0 Å². The smallest absolute Gasteiger partial charge is 0.135 e. The largest absolute Gasteiger partial charge is 0.456 e. The summed E-state index contributed by atoms with van der Waals surface area (Å²) in [7, 11) is 0. The molecule has 90 valence electrons. The van der Waals surface area contributed by atoms with Crippen molar-refractivity contribution in [3.8, 4) is 11.3 Å². The lowest BCUT2D eigenvalue weighted by Crippen LogP contribution is -1.83. The minimum atomic E-state index is 0.952. The van der Waals surface area contributed by atoms with Gasteiger partial charge in [-0.1, -0.05) is 49.7 Å². The highest BCUT2D eigenvalue weighted by Gasteiger charge is 2.05. The molecule has 0 saturated heterocycles. The second kappa shape index (κ2) is 4.69. The molecule has 0 aliphatic carbocycles. The van der Waals surface area contributed by atoms with E-state index in [0.717, 1.165) is 28.7 Å². The quantitative estimate of drug-likeness (QED) is 0.620. The van der Waals surface area contributed by atoms with Gasteiger partial charge in [0.1, 0.15) is 11.3 Å². The van der Waals surface area contributed by atoms with Crippen molar-refractivity contribution in [2.24, 2.45) is 0 Å². The molecule has 3 rings (SSSR count). The average Bonchev–Trinajstić information content (AvgIpc) is 2.83. The van der Waals surface area contributed by atoms with Gasteiger partial charge >= 0.3 is 0 Å². The van der Waals surface area contributed by atoms with Gasteiger partial charge in [0.25, 0.3) is 0 Å². The van der Waals surface area contributed by atoms with E-state index in [1.165, 1.54) is 12.0 Å². The number of benzene rings is 2. The van der Waals surface area contributed by atoms with Gasteiger partial charge in [0.2, 0.25) is 0 Å². The van der Waals surface area contributed by atoms with E-state index < -0.39 is 0 Å². The number of aryl methyl sites for hydroxylation is 1. The molecular weight excluding hydrogens is 220 g/mol. The van der Waals surface area contributed by atoms with E-state index in [2.05, 4.69) is 43.3 Å². The first-order chi connectivity index (χ1) is 8.86. The number of hydrogen-bond donors (Lipinski definition) is 0. The van der Waals surface area contributed by atoms with E-state index in [9.17, 15) is 0 Å². The first-order valence-corrected chi connectivity index (χ1v) is 6.44. The topological polar surface area (TPSA) is 13.1 Å². The normalized spacial score (nSPS) is 10.9. The Hall–Kier alpha value is -2.02. The van der Waals surface area contributed by atoms with Gasteiger partial charge in [0, 0.05) is 10.9 Å². The lowest BCUT2D eigenvalue weighted by Gasteiger charge is -2.01. The SMILES string of the molecule is CCCc1cccc(-c2cc3ccccc3o2)c1. The number of hydrogen-bond acceptors (Lipinski definition) is 1. The molecule has 3 aromatic rings. The minimum absolute atomic E-state index is 0.952. The van der Waals surface area contributed by atoms with E-state index >= 15 is 0 Å². The fourth-order valence-corrected chi connectivity index (χ4v) is 2.29. The molecule has 18 heavy (non-hydrogen) atoms. The Morgan fingerprint density at radius 2 is 1.83 bits per heavy atom. The Bertz CT molecular complexity index is 631. The summed E-state index contributed by atoms with van der Waals surface area (Å²) < 4.78 is 5.89. The molecular formula is C17H16O. The maximum Gasteiger partial charge on any atom is 0.135 e. The van der Waals surface area contributed by atoms with Crippen LogP contribution in [0.5, 0.6) is 0 Å². The maximum absolute atomic E-state index is 5.89. The summed E-state index contributed by atoms with van der Waals surface area (Å²) in [5, 5.41) is 1.16. The van der Waals surface area contributed by atoms with Gasteiger partial charge in [-0.25, -0.2) is 0 Å². The zero-order valence-corrected chi connectivity index (χ0v) is 10.5. The summed E-state index contributed by atoms with van der Waals surface area (Å²) >= 11 is 0. The molecule has 1 heterocycles. The van der Waals surface area contributed by atoms with Crippen LogP contribution in [0.4, 0.5) is 0 Å². The lowest BCUT2D eigenvalue weighted by molar-refractivity contribution is 0.631. The van der Waals surface area contributed by atoms with Crippen molar-refractivity contribution in [2.75, 3.05) is 0 Å². The van der Waals surface area contributed by atoms with Gasteiger partial charge in [0.05, 0.1) is 0 Å². The van der Waals surface area contributed by atoms with Crippen molar-refractivity contribution in [3.63, 3.8) is 0 Å². The Morgan fingerprint density at radius 1 is 0.944 bits per heavy atom. The molecule has 0 spiro atoms. The van der Waals surface area contributed by atoms with Gasteiger partial charge < -0.3 is 4.42 Å². The third kappa shape index (κ3) is 2.04. The van der Waals surface area contributed by atoms with Gasteiger partial charge in [-0.15, -0.1) is 0 Å². The fraction of sp³-hybridized carbons (Fsp3) is 0.176. The monoisotopic (exact) mass is 236 g/mol. The van der Waals surface area contributed by atoms with Crippen molar-refractivity contribution >= 4 is 11.0 Å². The van der Waals surface area contributed by atoms with Crippen LogP contribution in [-0.2, 0) is 6.42 Å². The molecule has 0 unspecified atom stereocenters. The van der Waals surface area contributed by atoms with Crippen LogP contribution in [0.25, 0.3) is 22.3 Å². The predicted octanol–water partition coefficient (Wildman–Crippen LogP) is 5.05. The van der Waals surface area contributed by atoms with Crippen LogP contribution in [0.3, 0.4) is 0 Å². The van der Waals surface area contributed by atoms with Gasteiger partial charge in [-0.05, 0) is 30.2 Å². The van der Waals surface area contributed by atoms with Crippen LogP contribution in [-0.4, -0.2) is 0 Å². The average molecular weight is 236 g/mol. The number of furan rings is 1. The van der Waals surface area contributed by atoms with E-state index in [-0.39, 0.29) is 0 Å². The van der Waals surface area contributed by atoms with E-state index in [1.54, 1.807) is 0 Å². The van der Waals surface area contributed by atoms with Gasteiger partial charge in [-0.3, -0.25) is 0 Å².